The number of benzene rings is 2. The molecule has 1 heterocycles. The summed E-state index contributed by atoms with van der Waals surface area (Å²) in [6, 6.07) is 12.8. The highest BCUT2D eigenvalue weighted by Gasteiger charge is 2.32. The molecular weight excluding hydrogens is 456 g/mol. The fraction of sp³-hybridized carbons (Fsp3) is 0.333. The molecule has 8 heteroatoms. The largest absolute Gasteiger partial charge is 0.352 e. The van der Waals surface area contributed by atoms with Crippen molar-refractivity contribution in [1.82, 2.24) is 5.32 Å². The summed E-state index contributed by atoms with van der Waals surface area (Å²) < 4.78 is 26.7. The Balaban J connectivity index is 1.74. The van der Waals surface area contributed by atoms with Crippen molar-refractivity contribution in [3.63, 3.8) is 0 Å². The standard InChI is InChI=1S/C21H23BrN2O4S/c1-2-20(26)24-10-8-16-12-17(22)13-18(21(16)24)29(27,28)11-9-19(25)23-14-15-6-4-3-5-7-15/h3-7,12-13H,2,8-11,14H2,1H3,(H,23,25). The van der Waals surface area contributed by atoms with Gasteiger partial charge in [0.05, 0.1) is 16.3 Å². The van der Waals surface area contributed by atoms with Crippen LogP contribution in [0.1, 0.15) is 30.9 Å². The van der Waals surface area contributed by atoms with Crippen molar-refractivity contribution in [1.29, 1.82) is 0 Å². The number of nitrogens with one attached hydrogen (secondary N) is 1. The highest BCUT2D eigenvalue weighted by molar-refractivity contribution is 9.10. The Morgan fingerprint density at radius 3 is 2.59 bits per heavy atom. The first-order valence-corrected chi connectivity index (χ1v) is 11.9. The number of nitrogens with zero attached hydrogens (tertiary/aromatic N) is 1. The molecule has 2 amide bonds. The molecule has 3 rings (SSSR count). The molecule has 2 aromatic carbocycles. The number of fused-ring (bicyclic) bond motifs is 1. The molecule has 0 fully saturated rings. The van der Waals surface area contributed by atoms with Gasteiger partial charge in [-0.15, -0.1) is 0 Å². The summed E-state index contributed by atoms with van der Waals surface area (Å²) in [7, 11) is -3.75. The minimum Gasteiger partial charge on any atom is -0.352 e. The zero-order chi connectivity index (χ0) is 21.0. The van der Waals surface area contributed by atoms with Crippen LogP contribution >= 0.6 is 15.9 Å². The van der Waals surface area contributed by atoms with E-state index in [2.05, 4.69) is 21.2 Å². The normalized spacial score (nSPS) is 13.2. The van der Waals surface area contributed by atoms with Gasteiger partial charge in [-0.2, -0.15) is 0 Å². The van der Waals surface area contributed by atoms with Crippen LogP contribution in [-0.4, -0.2) is 32.5 Å². The van der Waals surface area contributed by atoms with Crippen LogP contribution in [0.3, 0.4) is 0 Å². The Kier molecular flexibility index (Phi) is 6.74. The molecule has 0 spiro atoms. The van der Waals surface area contributed by atoms with Crippen LogP contribution in [-0.2, 0) is 32.4 Å². The number of carbonyl (C=O) groups is 2. The van der Waals surface area contributed by atoms with Gasteiger partial charge in [0.1, 0.15) is 0 Å². The topological polar surface area (TPSA) is 83.6 Å². The van der Waals surface area contributed by atoms with Gasteiger partial charge in [0.25, 0.3) is 0 Å². The summed E-state index contributed by atoms with van der Waals surface area (Å²) in [6.07, 6.45) is 0.773. The van der Waals surface area contributed by atoms with Crippen molar-refractivity contribution in [2.75, 3.05) is 17.2 Å². The second-order valence-electron chi connectivity index (χ2n) is 6.89. The Morgan fingerprint density at radius 2 is 1.90 bits per heavy atom. The van der Waals surface area contributed by atoms with E-state index in [-0.39, 0.29) is 28.9 Å². The molecule has 0 saturated heterocycles. The van der Waals surface area contributed by atoms with Crippen molar-refractivity contribution in [2.45, 2.75) is 37.6 Å². The second-order valence-corrected chi connectivity index (χ2v) is 9.89. The molecule has 0 radical (unpaired) electrons. The average molecular weight is 479 g/mol. The van der Waals surface area contributed by atoms with E-state index in [0.717, 1.165) is 11.1 Å². The summed E-state index contributed by atoms with van der Waals surface area (Å²) in [5.74, 6) is -0.751. The number of carbonyl (C=O) groups excluding carboxylic acids is 2. The van der Waals surface area contributed by atoms with E-state index in [9.17, 15) is 18.0 Å². The summed E-state index contributed by atoms with van der Waals surface area (Å²) >= 11 is 3.37. The molecule has 0 atom stereocenters. The van der Waals surface area contributed by atoms with Crippen LogP contribution in [0.5, 0.6) is 0 Å². The molecule has 0 aliphatic carbocycles. The van der Waals surface area contributed by atoms with Gasteiger partial charge >= 0.3 is 0 Å². The number of amides is 2. The van der Waals surface area contributed by atoms with Crippen LogP contribution in [0.25, 0.3) is 0 Å². The summed E-state index contributed by atoms with van der Waals surface area (Å²) in [4.78, 5) is 26.1. The molecule has 0 bridgehead atoms. The molecule has 0 aromatic heterocycles. The van der Waals surface area contributed by atoms with E-state index in [1.54, 1.807) is 11.8 Å². The van der Waals surface area contributed by atoms with Gasteiger partial charge in [0, 0.05) is 30.4 Å². The van der Waals surface area contributed by atoms with Crippen molar-refractivity contribution in [3.05, 3.63) is 58.1 Å². The Hall–Kier alpha value is -2.19. The molecular formula is C21H23BrN2O4S. The molecule has 1 N–H and O–H groups in total. The molecule has 0 saturated carbocycles. The van der Waals surface area contributed by atoms with Crippen LogP contribution < -0.4 is 10.2 Å². The van der Waals surface area contributed by atoms with Crippen molar-refractivity contribution in [2.24, 2.45) is 0 Å². The second kappa shape index (κ2) is 9.09. The molecule has 6 nitrogen and oxygen atoms in total. The van der Waals surface area contributed by atoms with E-state index in [1.165, 1.54) is 6.07 Å². The average Bonchev–Trinajstić information content (AvgIpc) is 3.14. The number of anilines is 1. The minimum absolute atomic E-state index is 0.108. The number of rotatable bonds is 7. The van der Waals surface area contributed by atoms with E-state index in [1.807, 2.05) is 36.4 Å². The lowest BCUT2D eigenvalue weighted by atomic mass is 10.2. The maximum absolute atomic E-state index is 13.0. The Labute approximate surface area is 179 Å². The maximum Gasteiger partial charge on any atom is 0.226 e. The molecule has 29 heavy (non-hydrogen) atoms. The van der Waals surface area contributed by atoms with Gasteiger partial charge in [-0.25, -0.2) is 8.42 Å². The molecule has 1 aliphatic rings. The van der Waals surface area contributed by atoms with Gasteiger partial charge in [-0.05, 0) is 29.7 Å². The number of hydrogen-bond donors (Lipinski definition) is 1. The molecule has 1 aliphatic heterocycles. The van der Waals surface area contributed by atoms with Crippen molar-refractivity contribution >= 4 is 43.3 Å². The lowest BCUT2D eigenvalue weighted by molar-refractivity contribution is -0.121. The Morgan fingerprint density at radius 1 is 1.17 bits per heavy atom. The number of sulfone groups is 1. The lowest BCUT2D eigenvalue weighted by Gasteiger charge is -2.20. The number of hydrogen-bond acceptors (Lipinski definition) is 4. The maximum atomic E-state index is 13.0. The first-order chi connectivity index (χ1) is 13.8. The molecule has 154 valence electrons. The lowest BCUT2D eigenvalue weighted by Crippen LogP contribution is -2.30. The predicted molar refractivity (Wildman–Crippen MR) is 115 cm³/mol. The van der Waals surface area contributed by atoms with Crippen LogP contribution in [0.4, 0.5) is 5.69 Å². The summed E-state index contributed by atoms with van der Waals surface area (Å²) in [5.41, 5.74) is 2.24. The third kappa shape index (κ3) is 5.05. The van der Waals surface area contributed by atoms with E-state index in [4.69, 9.17) is 0 Å². The fourth-order valence-corrected chi connectivity index (χ4v) is 5.54. The zero-order valence-corrected chi connectivity index (χ0v) is 18.6. The van der Waals surface area contributed by atoms with E-state index < -0.39 is 9.84 Å². The van der Waals surface area contributed by atoms with E-state index in [0.29, 0.717) is 36.1 Å². The summed E-state index contributed by atoms with van der Waals surface area (Å²) in [5, 5.41) is 2.75. The van der Waals surface area contributed by atoms with Crippen LogP contribution in [0.2, 0.25) is 0 Å². The highest BCUT2D eigenvalue weighted by atomic mass is 79.9. The van der Waals surface area contributed by atoms with Gasteiger partial charge in [0.15, 0.2) is 9.84 Å². The van der Waals surface area contributed by atoms with Gasteiger partial charge < -0.3 is 10.2 Å². The van der Waals surface area contributed by atoms with E-state index >= 15 is 0 Å². The van der Waals surface area contributed by atoms with Crippen molar-refractivity contribution in [3.8, 4) is 0 Å². The highest BCUT2D eigenvalue weighted by Crippen LogP contribution is 2.38. The third-order valence-corrected chi connectivity index (χ3v) is 7.04. The smallest absolute Gasteiger partial charge is 0.226 e. The first kappa shape index (κ1) is 21.5. The SMILES string of the molecule is CCC(=O)N1CCc2cc(Br)cc(S(=O)(=O)CCC(=O)NCc3ccccc3)c21. The molecule has 0 unspecified atom stereocenters. The van der Waals surface area contributed by atoms with Crippen molar-refractivity contribution < 1.29 is 18.0 Å². The van der Waals surface area contributed by atoms with Gasteiger partial charge in [0.2, 0.25) is 11.8 Å². The minimum atomic E-state index is -3.75. The third-order valence-electron chi connectivity index (χ3n) is 4.86. The Bertz CT molecular complexity index is 1020. The van der Waals surface area contributed by atoms with Gasteiger partial charge in [-0.3, -0.25) is 9.59 Å². The molecule has 2 aromatic rings. The summed E-state index contributed by atoms with van der Waals surface area (Å²) in [6.45, 7) is 2.58. The van der Waals surface area contributed by atoms with Gasteiger partial charge in [-0.1, -0.05) is 53.2 Å². The quantitative estimate of drug-likeness (QED) is 0.661. The predicted octanol–water partition coefficient (Wildman–Crippen LogP) is 3.23. The fourth-order valence-electron chi connectivity index (χ4n) is 3.37. The van der Waals surface area contributed by atoms with Crippen LogP contribution in [0, 0.1) is 0 Å². The zero-order valence-electron chi connectivity index (χ0n) is 16.2. The number of halogens is 1. The monoisotopic (exact) mass is 478 g/mol. The van der Waals surface area contributed by atoms with Crippen LogP contribution in [0.15, 0.2) is 51.8 Å². The first-order valence-electron chi connectivity index (χ1n) is 9.48.